The van der Waals surface area contributed by atoms with Crippen molar-refractivity contribution >= 4 is 32.3 Å². The first-order chi connectivity index (χ1) is 19.2. The highest BCUT2D eigenvalue weighted by atomic mass is 16.5. The molecule has 182 valence electrons. The monoisotopic (exact) mass is 503 g/mol. The molecule has 0 aliphatic heterocycles. The normalized spacial score (nSPS) is 10.5. The second kappa shape index (κ2) is 9.79. The van der Waals surface area contributed by atoms with Gasteiger partial charge in [-0.15, -0.1) is 15.8 Å². The van der Waals surface area contributed by atoms with E-state index in [1.165, 1.54) is 0 Å². The summed E-state index contributed by atoms with van der Waals surface area (Å²) in [7, 11) is 0. The molecule has 0 aliphatic carbocycles. The Bertz CT molecular complexity index is 2040. The molecule has 6 aromatic carbocycles. The first-order valence-electron chi connectivity index (χ1n) is 12.0. The van der Waals surface area contributed by atoms with Crippen molar-refractivity contribution in [1.29, 1.82) is 15.8 Å². The Morgan fingerprint density at radius 1 is 0.436 bits per heavy atom. The highest BCUT2D eigenvalue weighted by Crippen LogP contribution is 2.45. The topological polar surface area (TPSA) is 99.1 Å². The van der Waals surface area contributed by atoms with Gasteiger partial charge >= 0.3 is 0 Å². The van der Waals surface area contributed by atoms with Crippen molar-refractivity contribution in [3.8, 4) is 58.3 Å². The van der Waals surface area contributed by atoms with Gasteiger partial charge in [0.2, 0.25) is 0 Å². The van der Waals surface area contributed by atoms with E-state index in [9.17, 15) is 10.5 Å². The van der Waals surface area contributed by atoms with E-state index in [1.807, 2.05) is 91.2 Å². The smallest absolute Gasteiger partial charge is 0.292 e. The lowest BCUT2D eigenvalue weighted by Gasteiger charge is -2.17. The molecular weight excluding hydrogens is 486 g/mol. The van der Waals surface area contributed by atoms with Gasteiger partial charge in [-0.1, -0.05) is 78.9 Å². The SMILES string of the molecule is N#COc1ccc2cccc(-c3ccc(-c4cccc5cccc(OC#N)c45)c4cccc(OC#N)c34)c2c1. The molecule has 0 heterocycles. The molecule has 6 heteroatoms. The van der Waals surface area contributed by atoms with Crippen molar-refractivity contribution in [3.05, 3.63) is 103 Å². The summed E-state index contributed by atoms with van der Waals surface area (Å²) in [5.74, 6) is 1.32. The van der Waals surface area contributed by atoms with Gasteiger partial charge in [-0.3, -0.25) is 0 Å². The first-order valence-corrected chi connectivity index (χ1v) is 12.0. The summed E-state index contributed by atoms with van der Waals surface area (Å²) in [5.41, 5.74) is 3.53. The third-order valence-corrected chi connectivity index (χ3v) is 6.78. The third-order valence-electron chi connectivity index (χ3n) is 6.78. The minimum Gasteiger partial charge on any atom is -0.388 e. The summed E-state index contributed by atoms with van der Waals surface area (Å²) >= 11 is 0. The molecule has 0 atom stereocenters. The zero-order valence-corrected chi connectivity index (χ0v) is 20.4. The Hall–Kier alpha value is -6.03. The number of rotatable bonds is 5. The summed E-state index contributed by atoms with van der Waals surface area (Å²) in [6, 6.07) is 32.6. The van der Waals surface area contributed by atoms with Gasteiger partial charge in [0.25, 0.3) is 18.8 Å². The van der Waals surface area contributed by atoms with Crippen LogP contribution in [-0.2, 0) is 0 Å². The fraction of sp³-hybridized carbons (Fsp3) is 0. The van der Waals surface area contributed by atoms with Crippen molar-refractivity contribution in [2.45, 2.75) is 0 Å². The van der Waals surface area contributed by atoms with Gasteiger partial charge in [0, 0.05) is 10.8 Å². The molecule has 0 saturated heterocycles. The largest absolute Gasteiger partial charge is 0.388 e. The van der Waals surface area contributed by atoms with Crippen LogP contribution in [0.25, 0.3) is 54.6 Å². The molecule has 0 N–H and O–H groups in total. The quantitative estimate of drug-likeness (QED) is 0.221. The second-order valence-corrected chi connectivity index (χ2v) is 8.77. The average Bonchev–Trinajstić information content (AvgIpc) is 2.97. The van der Waals surface area contributed by atoms with Crippen LogP contribution in [0.2, 0.25) is 0 Å². The van der Waals surface area contributed by atoms with E-state index in [1.54, 1.807) is 30.7 Å². The van der Waals surface area contributed by atoms with E-state index in [-0.39, 0.29) is 0 Å². The van der Waals surface area contributed by atoms with E-state index in [0.717, 1.165) is 54.6 Å². The maximum Gasteiger partial charge on any atom is 0.292 e. The van der Waals surface area contributed by atoms with Crippen LogP contribution in [0.3, 0.4) is 0 Å². The maximum atomic E-state index is 9.46. The summed E-state index contributed by atoms with van der Waals surface area (Å²) in [6.45, 7) is 0. The molecule has 6 rings (SSSR count). The summed E-state index contributed by atoms with van der Waals surface area (Å²) in [6.07, 6.45) is 5.34. The number of fused-ring (bicyclic) bond motifs is 3. The Kier molecular flexibility index (Phi) is 5.87. The highest BCUT2D eigenvalue weighted by molar-refractivity contribution is 6.15. The first kappa shape index (κ1) is 23.4. The Balaban J connectivity index is 1.70. The molecule has 0 spiro atoms. The number of nitriles is 3. The number of hydrogen-bond donors (Lipinski definition) is 0. The van der Waals surface area contributed by atoms with Crippen LogP contribution in [0.4, 0.5) is 0 Å². The molecule has 0 aliphatic rings. The molecule has 0 fully saturated rings. The van der Waals surface area contributed by atoms with E-state index in [4.69, 9.17) is 19.5 Å². The minimum absolute atomic E-state index is 0.419. The van der Waals surface area contributed by atoms with Gasteiger partial charge < -0.3 is 14.2 Å². The van der Waals surface area contributed by atoms with Crippen LogP contribution < -0.4 is 14.2 Å². The molecular formula is C33H17N3O3. The zero-order chi connectivity index (χ0) is 26.8. The molecule has 0 amide bonds. The molecule has 6 aromatic rings. The molecule has 6 nitrogen and oxygen atoms in total. The van der Waals surface area contributed by atoms with Crippen LogP contribution in [0, 0.1) is 34.6 Å². The van der Waals surface area contributed by atoms with Crippen molar-refractivity contribution in [3.63, 3.8) is 0 Å². The molecule has 0 bridgehead atoms. The maximum absolute atomic E-state index is 9.46. The van der Waals surface area contributed by atoms with Crippen molar-refractivity contribution in [2.24, 2.45) is 0 Å². The van der Waals surface area contributed by atoms with Gasteiger partial charge in [0.1, 0.15) is 5.75 Å². The third kappa shape index (κ3) is 3.98. The van der Waals surface area contributed by atoms with Crippen LogP contribution in [0.15, 0.2) is 103 Å². The summed E-state index contributed by atoms with van der Waals surface area (Å²) < 4.78 is 15.9. The highest BCUT2D eigenvalue weighted by Gasteiger charge is 2.18. The number of hydrogen-bond acceptors (Lipinski definition) is 6. The van der Waals surface area contributed by atoms with E-state index < -0.39 is 0 Å². The fourth-order valence-electron chi connectivity index (χ4n) is 5.23. The summed E-state index contributed by atoms with van der Waals surface area (Å²) in [4.78, 5) is 0. The van der Waals surface area contributed by atoms with Crippen molar-refractivity contribution in [1.82, 2.24) is 0 Å². The van der Waals surface area contributed by atoms with E-state index in [2.05, 4.69) is 0 Å². The van der Waals surface area contributed by atoms with Gasteiger partial charge in [-0.2, -0.15) is 0 Å². The van der Waals surface area contributed by atoms with Crippen LogP contribution in [-0.4, -0.2) is 0 Å². The Morgan fingerprint density at radius 3 is 1.74 bits per heavy atom. The fourth-order valence-corrected chi connectivity index (χ4v) is 5.23. The van der Waals surface area contributed by atoms with E-state index >= 15 is 0 Å². The minimum atomic E-state index is 0.419. The van der Waals surface area contributed by atoms with Gasteiger partial charge in [0.15, 0.2) is 11.5 Å². The lowest BCUT2D eigenvalue weighted by Crippen LogP contribution is -1.93. The molecule has 0 aromatic heterocycles. The zero-order valence-electron chi connectivity index (χ0n) is 20.4. The van der Waals surface area contributed by atoms with Crippen molar-refractivity contribution in [2.75, 3.05) is 0 Å². The van der Waals surface area contributed by atoms with Crippen molar-refractivity contribution < 1.29 is 14.2 Å². The molecule has 0 radical (unpaired) electrons. The number of benzene rings is 6. The number of nitrogens with zero attached hydrogens (tertiary/aromatic N) is 3. The predicted molar refractivity (Wildman–Crippen MR) is 149 cm³/mol. The molecule has 39 heavy (non-hydrogen) atoms. The van der Waals surface area contributed by atoms with Crippen LogP contribution >= 0.6 is 0 Å². The van der Waals surface area contributed by atoms with E-state index in [0.29, 0.717) is 17.2 Å². The summed E-state index contributed by atoms with van der Waals surface area (Å²) in [5, 5.41) is 33.0. The molecule has 0 unspecified atom stereocenters. The lowest BCUT2D eigenvalue weighted by atomic mass is 9.88. The van der Waals surface area contributed by atoms with Crippen LogP contribution in [0.5, 0.6) is 17.2 Å². The Morgan fingerprint density at radius 2 is 1.00 bits per heavy atom. The lowest BCUT2D eigenvalue weighted by molar-refractivity contribution is 0.508. The van der Waals surface area contributed by atoms with Crippen LogP contribution in [0.1, 0.15) is 0 Å². The number of ether oxygens (including phenoxy) is 3. The predicted octanol–water partition coefficient (Wildman–Crippen LogP) is 8.06. The Labute approximate surface area is 223 Å². The average molecular weight is 504 g/mol. The second-order valence-electron chi connectivity index (χ2n) is 8.77. The molecule has 0 saturated carbocycles. The van der Waals surface area contributed by atoms with Gasteiger partial charge in [0.05, 0.1) is 0 Å². The standard InChI is InChI=1S/C33H17N3O3/c34-18-37-23-14-13-21-5-1-8-24(29(21)17-23)28-16-15-25(27-10-4-12-31(33(27)28)39-20-36)26-9-2-6-22-7-3-11-30(32(22)26)38-19-35/h1-17H. The van der Waals surface area contributed by atoms with Gasteiger partial charge in [-0.25, -0.2) is 0 Å². The van der Waals surface area contributed by atoms with Gasteiger partial charge in [-0.05, 0) is 68.1 Å².